The highest BCUT2D eigenvalue weighted by Crippen LogP contribution is 2.33. The van der Waals surface area contributed by atoms with Gasteiger partial charge in [-0.25, -0.2) is 4.79 Å². The van der Waals surface area contributed by atoms with Crippen molar-refractivity contribution in [2.24, 2.45) is 0 Å². The monoisotopic (exact) mass is 330 g/mol. The minimum absolute atomic E-state index is 0.265. The van der Waals surface area contributed by atoms with Crippen LogP contribution in [-0.4, -0.2) is 18.2 Å². The van der Waals surface area contributed by atoms with Crippen LogP contribution in [0.5, 0.6) is 0 Å². The standard InChI is InChI=1S/C18H22N2O2S/c1-18(2,3)22-17(21)20-9-7-13-5-4-6-14(16(13)20)11-19-15-8-10-23-12-15/h4-6,8,10,12,19H,7,9,11H2,1-3H3. The number of ether oxygens (including phenoxy) is 1. The van der Waals surface area contributed by atoms with Crippen LogP contribution in [-0.2, 0) is 17.7 Å². The molecule has 2 aromatic rings. The van der Waals surface area contributed by atoms with E-state index in [1.54, 1.807) is 16.2 Å². The molecule has 0 aliphatic carbocycles. The number of nitrogens with zero attached hydrogens (tertiary/aromatic N) is 1. The highest BCUT2D eigenvalue weighted by Gasteiger charge is 2.30. The highest BCUT2D eigenvalue weighted by molar-refractivity contribution is 7.08. The third kappa shape index (κ3) is 3.67. The number of nitrogens with one attached hydrogen (secondary N) is 1. The average molecular weight is 330 g/mol. The van der Waals surface area contributed by atoms with Gasteiger partial charge in [0.05, 0.1) is 5.69 Å². The third-order valence-corrected chi connectivity index (χ3v) is 4.38. The summed E-state index contributed by atoms with van der Waals surface area (Å²) < 4.78 is 5.55. The molecule has 1 aliphatic heterocycles. The van der Waals surface area contributed by atoms with Crippen molar-refractivity contribution in [1.29, 1.82) is 0 Å². The molecule has 5 heteroatoms. The van der Waals surface area contributed by atoms with Gasteiger partial charge in [0, 0.05) is 24.2 Å². The Morgan fingerprint density at radius 3 is 2.87 bits per heavy atom. The normalized spacial score (nSPS) is 13.8. The van der Waals surface area contributed by atoms with E-state index in [1.165, 1.54) is 5.56 Å². The molecule has 122 valence electrons. The zero-order valence-electron chi connectivity index (χ0n) is 13.8. The summed E-state index contributed by atoms with van der Waals surface area (Å²) >= 11 is 1.66. The van der Waals surface area contributed by atoms with Crippen molar-refractivity contribution in [1.82, 2.24) is 0 Å². The van der Waals surface area contributed by atoms with Gasteiger partial charge in [-0.15, -0.1) is 0 Å². The van der Waals surface area contributed by atoms with Crippen LogP contribution in [0.2, 0.25) is 0 Å². The second-order valence-electron chi connectivity index (χ2n) is 6.67. The Morgan fingerprint density at radius 2 is 2.17 bits per heavy atom. The number of benzene rings is 1. The predicted molar refractivity (Wildman–Crippen MR) is 95.4 cm³/mol. The Kier molecular flexibility index (Phi) is 4.31. The Labute approximate surface area is 141 Å². The molecular weight excluding hydrogens is 308 g/mol. The van der Waals surface area contributed by atoms with Crippen molar-refractivity contribution in [2.45, 2.75) is 39.3 Å². The molecule has 23 heavy (non-hydrogen) atoms. The average Bonchev–Trinajstić information content (AvgIpc) is 3.12. The fourth-order valence-electron chi connectivity index (χ4n) is 2.74. The minimum Gasteiger partial charge on any atom is -0.443 e. The van der Waals surface area contributed by atoms with Crippen LogP contribution in [0.3, 0.4) is 0 Å². The van der Waals surface area contributed by atoms with Crippen LogP contribution < -0.4 is 10.2 Å². The van der Waals surface area contributed by atoms with Crippen molar-refractivity contribution in [3.63, 3.8) is 0 Å². The van der Waals surface area contributed by atoms with Crippen molar-refractivity contribution in [3.05, 3.63) is 46.2 Å². The third-order valence-electron chi connectivity index (χ3n) is 3.70. The first-order valence-electron chi connectivity index (χ1n) is 7.81. The van der Waals surface area contributed by atoms with Gasteiger partial charge in [-0.05, 0) is 49.8 Å². The highest BCUT2D eigenvalue weighted by atomic mass is 32.1. The van der Waals surface area contributed by atoms with Crippen molar-refractivity contribution in [2.75, 3.05) is 16.8 Å². The van der Waals surface area contributed by atoms with Gasteiger partial charge in [-0.3, -0.25) is 4.90 Å². The summed E-state index contributed by atoms with van der Waals surface area (Å²) in [6, 6.07) is 8.27. The molecule has 1 aromatic heterocycles. The SMILES string of the molecule is CC(C)(C)OC(=O)N1CCc2cccc(CNc3ccsc3)c21. The lowest BCUT2D eigenvalue weighted by Gasteiger charge is -2.26. The van der Waals surface area contributed by atoms with E-state index in [4.69, 9.17) is 4.74 Å². The Morgan fingerprint density at radius 1 is 1.35 bits per heavy atom. The summed E-state index contributed by atoms with van der Waals surface area (Å²) in [5, 5.41) is 7.53. The number of hydrogen-bond donors (Lipinski definition) is 1. The molecular formula is C18H22N2O2S. The topological polar surface area (TPSA) is 41.6 Å². The first-order valence-corrected chi connectivity index (χ1v) is 8.76. The van der Waals surface area contributed by atoms with E-state index in [0.29, 0.717) is 13.1 Å². The lowest BCUT2D eigenvalue weighted by atomic mass is 10.1. The maximum Gasteiger partial charge on any atom is 0.414 e. The van der Waals surface area contributed by atoms with E-state index in [9.17, 15) is 4.79 Å². The molecule has 0 spiro atoms. The number of thiophene rings is 1. The molecule has 0 saturated carbocycles. The fraction of sp³-hybridized carbons (Fsp3) is 0.389. The van der Waals surface area contributed by atoms with Gasteiger partial charge in [0.15, 0.2) is 0 Å². The molecule has 1 aromatic carbocycles. The largest absolute Gasteiger partial charge is 0.443 e. The smallest absolute Gasteiger partial charge is 0.414 e. The number of hydrogen-bond acceptors (Lipinski definition) is 4. The quantitative estimate of drug-likeness (QED) is 0.890. The van der Waals surface area contributed by atoms with Crippen molar-refractivity contribution >= 4 is 28.8 Å². The first-order chi connectivity index (χ1) is 10.9. The molecule has 2 heterocycles. The van der Waals surface area contributed by atoms with Crippen molar-refractivity contribution < 1.29 is 9.53 Å². The number of carbonyl (C=O) groups is 1. The van der Waals surface area contributed by atoms with Gasteiger partial charge in [0.1, 0.15) is 5.60 Å². The zero-order chi connectivity index (χ0) is 16.4. The summed E-state index contributed by atoms with van der Waals surface area (Å²) in [5.41, 5.74) is 3.96. The Balaban J connectivity index is 1.81. The van der Waals surface area contributed by atoms with Crippen LogP contribution in [0.15, 0.2) is 35.0 Å². The van der Waals surface area contributed by atoms with Gasteiger partial charge >= 0.3 is 6.09 Å². The fourth-order valence-corrected chi connectivity index (χ4v) is 3.35. The van der Waals surface area contributed by atoms with Gasteiger partial charge < -0.3 is 10.1 Å². The maximum absolute atomic E-state index is 12.5. The second-order valence-corrected chi connectivity index (χ2v) is 7.45. The van der Waals surface area contributed by atoms with Gasteiger partial charge in [0.2, 0.25) is 0 Å². The van der Waals surface area contributed by atoms with Gasteiger partial charge in [-0.2, -0.15) is 11.3 Å². The predicted octanol–water partition coefficient (Wildman–Crippen LogP) is 4.66. The van der Waals surface area contributed by atoms with E-state index >= 15 is 0 Å². The number of rotatable bonds is 3. The summed E-state index contributed by atoms with van der Waals surface area (Å²) in [6.07, 6.45) is 0.611. The lowest BCUT2D eigenvalue weighted by molar-refractivity contribution is 0.0583. The molecule has 0 fully saturated rings. The molecule has 0 unspecified atom stereocenters. The molecule has 4 nitrogen and oxygen atoms in total. The van der Waals surface area contributed by atoms with Crippen LogP contribution in [0.4, 0.5) is 16.2 Å². The van der Waals surface area contributed by atoms with Gasteiger partial charge in [0.25, 0.3) is 0 Å². The number of amides is 1. The summed E-state index contributed by atoms with van der Waals surface area (Å²) in [4.78, 5) is 14.3. The molecule has 0 radical (unpaired) electrons. The molecule has 3 rings (SSSR count). The molecule has 1 aliphatic rings. The van der Waals surface area contributed by atoms with Crippen molar-refractivity contribution in [3.8, 4) is 0 Å². The van der Waals surface area contributed by atoms with E-state index < -0.39 is 5.60 Å². The Bertz CT molecular complexity index is 690. The zero-order valence-corrected chi connectivity index (χ0v) is 14.6. The van der Waals surface area contributed by atoms with E-state index in [-0.39, 0.29) is 6.09 Å². The van der Waals surface area contributed by atoms with Crippen LogP contribution in [0, 0.1) is 0 Å². The summed E-state index contributed by atoms with van der Waals surface area (Å²) in [5.74, 6) is 0. The first kappa shape index (κ1) is 15.9. The molecule has 0 bridgehead atoms. The number of fused-ring (bicyclic) bond motifs is 1. The summed E-state index contributed by atoms with van der Waals surface area (Å²) in [6.45, 7) is 7.06. The molecule has 0 atom stereocenters. The minimum atomic E-state index is -0.482. The van der Waals surface area contributed by atoms with E-state index in [2.05, 4.69) is 35.0 Å². The lowest BCUT2D eigenvalue weighted by Crippen LogP contribution is -2.36. The van der Waals surface area contributed by atoms with Crippen LogP contribution in [0.1, 0.15) is 31.9 Å². The van der Waals surface area contributed by atoms with Gasteiger partial charge in [-0.1, -0.05) is 18.2 Å². The molecule has 0 saturated heterocycles. The summed E-state index contributed by atoms with van der Waals surface area (Å²) in [7, 11) is 0. The number of anilines is 2. The molecule has 1 amide bonds. The van der Waals surface area contributed by atoms with E-state index in [1.807, 2.05) is 26.2 Å². The van der Waals surface area contributed by atoms with E-state index in [0.717, 1.165) is 23.4 Å². The van der Waals surface area contributed by atoms with Crippen LogP contribution >= 0.6 is 11.3 Å². The van der Waals surface area contributed by atoms with Crippen LogP contribution in [0.25, 0.3) is 0 Å². The molecule has 1 N–H and O–H groups in total. The second kappa shape index (κ2) is 6.24. The maximum atomic E-state index is 12.5. The number of para-hydroxylation sites is 1. The number of carbonyl (C=O) groups excluding carboxylic acids is 1. The Hall–Kier alpha value is -2.01.